The second kappa shape index (κ2) is 5.57. The molecule has 1 aliphatic carbocycles. The third-order valence-electron chi connectivity index (χ3n) is 3.77. The highest BCUT2D eigenvalue weighted by molar-refractivity contribution is 9.10. The Morgan fingerprint density at radius 2 is 2.11 bits per heavy atom. The van der Waals surface area contributed by atoms with Crippen LogP contribution in [-0.2, 0) is 0 Å². The first kappa shape index (κ1) is 13.8. The van der Waals surface area contributed by atoms with Gasteiger partial charge in [0, 0.05) is 22.3 Å². The molecular weight excluding hydrogens is 308 g/mol. The lowest BCUT2D eigenvalue weighted by Gasteiger charge is -2.24. The molecule has 1 aliphatic rings. The van der Waals surface area contributed by atoms with Gasteiger partial charge in [0.15, 0.2) is 0 Å². The van der Waals surface area contributed by atoms with Gasteiger partial charge in [0.05, 0.1) is 0 Å². The molecule has 0 aliphatic heterocycles. The molecule has 98 valence electrons. The van der Waals surface area contributed by atoms with Crippen LogP contribution in [0.2, 0.25) is 0 Å². The van der Waals surface area contributed by atoms with Gasteiger partial charge in [-0.15, -0.1) is 0 Å². The van der Waals surface area contributed by atoms with Crippen molar-refractivity contribution in [3.05, 3.63) is 28.2 Å². The van der Waals surface area contributed by atoms with Crippen LogP contribution in [0.1, 0.15) is 38.2 Å². The average Bonchev–Trinajstić information content (AvgIpc) is 2.75. The van der Waals surface area contributed by atoms with Gasteiger partial charge in [-0.1, -0.05) is 32.0 Å². The van der Waals surface area contributed by atoms with E-state index in [-0.39, 0.29) is 0 Å². The molecule has 0 atom stereocenters. The lowest BCUT2D eigenvalue weighted by molar-refractivity contribution is 0.362. The molecule has 0 heterocycles. The fraction of sp³-hybridized carbons (Fsp3) is 0.500. The smallest absolute Gasteiger partial charge is 0.104 e. The van der Waals surface area contributed by atoms with E-state index < -0.39 is 0 Å². The normalized spacial score (nSPS) is 17.7. The second-order valence-corrected chi connectivity index (χ2v) is 6.72. The Morgan fingerprint density at radius 1 is 1.44 bits per heavy atom. The zero-order chi connectivity index (χ0) is 13.2. The maximum Gasteiger partial charge on any atom is 0.104 e. The number of thiocarbonyl (C=S) groups is 1. The molecule has 0 unspecified atom stereocenters. The fourth-order valence-electron chi connectivity index (χ4n) is 2.53. The van der Waals surface area contributed by atoms with E-state index in [4.69, 9.17) is 18.0 Å². The summed E-state index contributed by atoms with van der Waals surface area (Å²) in [4.78, 5) is 0.435. The van der Waals surface area contributed by atoms with Crippen LogP contribution in [0.25, 0.3) is 0 Å². The summed E-state index contributed by atoms with van der Waals surface area (Å²) in [5.74, 6) is 0. The van der Waals surface area contributed by atoms with Crippen LogP contribution in [0.4, 0.5) is 5.69 Å². The molecule has 4 heteroatoms. The largest absolute Gasteiger partial charge is 0.389 e. The minimum absolute atomic E-state index is 0.435. The van der Waals surface area contributed by atoms with Crippen molar-refractivity contribution in [1.82, 2.24) is 0 Å². The van der Waals surface area contributed by atoms with Gasteiger partial charge in [0.2, 0.25) is 0 Å². The summed E-state index contributed by atoms with van der Waals surface area (Å²) in [6.07, 6.45) is 5.37. The summed E-state index contributed by atoms with van der Waals surface area (Å²) < 4.78 is 1.02. The lowest BCUT2D eigenvalue weighted by Crippen LogP contribution is -2.23. The number of nitrogens with two attached hydrogens (primary N) is 1. The number of hydrogen-bond acceptors (Lipinski definition) is 2. The summed E-state index contributed by atoms with van der Waals surface area (Å²) >= 11 is 8.54. The summed E-state index contributed by atoms with van der Waals surface area (Å²) in [7, 11) is 0. The van der Waals surface area contributed by atoms with Crippen LogP contribution in [-0.4, -0.2) is 11.5 Å². The minimum Gasteiger partial charge on any atom is -0.389 e. The molecule has 0 saturated heterocycles. The number of nitrogens with one attached hydrogen (secondary N) is 1. The van der Waals surface area contributed by atoms with Gasteiger partial charge in [-0.3, -0.25) is 0 Å². The van der Waals surface area contributed by atoms with E-state index in [1.807, 2.05) is 18.2 Å². The molecule has 3 N–H and O–H groups in total. The third kappa shape index (κ3) is 3.23. The highest BCUT2D eigenvalue weighted by atomic mass is 79.9. The van der Waals surface area contributed by atoms with Crippen molar-refractivity contribution in [2.24, 2.45) is 11.1 Å². The Balaban J connectivity index is 2.03. The monoisotopic (exact) mass is 326 g/mol. The van der Waals surface area contributed by atoms with Crippen molar-refractivity contribution in [3.63, 3.8) is 0 Å². The SMILES string of the molecule is CC1(CNc2ccc(C(N)=S)cc2Br)CCCC1. The fourth-order valence-corrected chi connectivity index (χ4v) is 3.17. The zero-order valence-electron chi connectivity index (χ0n) is 10.6. The maximum absolute atomic E-state index is 5.62. The molecule has 1 fully saturated rings. The highest BCUT2D eigenvalue weighted by Crippen LogP contribution is 2.38. The number of hydrogen-bond donors (Lipinski definition) is 2. The Labute approximate surface area is 122 Å². The number of halogens is 1. The molecule has 18 heavy (non-hydrogen) atoms. The van der Waals surface area contributed by atoms with E-state index in [9.17, 15) is 0 Å². The van der Waals surface area contributed by atoms with Crippen molar-refractivity contribution in [3.8, 4) is 0 Å². The summed E-state index contributed by atoms with van der Waals surface area (Å²) in [5, 5.41) is 3.53. The lowest BCUT2D eigenvalue weighted by atomic mass is 9.89. The number of benzene rings is 1. The van der Waals surface area contributed by atoms with Gasteiger partial charge < -0.3 is 11.1 Å². The Hall–Kier alpha value is -0.610. The van der Waals surface area contributed by atoms with Gasteiger partial charge in [-0.25, -0.2) is 0 Å². The number of rotatable bonds is 4. The predicted molar refractivity (Wildman–Crippen MR) is 85.1 cm³/mol. The average molecular weight is 327 g/mol. The zero-order valence-corrected chi connectivity index (χ0v) is 13.0. The third-order valence-corrected chi connectivity index (χ3v) is 4.66. The van der Waals surface area contributed by atoms with Crippen molar-refractivity contribution >= 4 is 38.8 Å². The van der Waals surface area contributed by atoms with E-state index >= 15 is 0 Å². The molecule has 0 radical (unpaired) electrons. The molecule has 2 nitrogen and oxygen atoms in total. The van der Waals surface area contributed by atoms with Crippen LogP contribution in [0.15, 0.2) is 22.7 Å². The molecule has 0 spiro atoms. The maximum atomic E-state index is 5.62. The molecule has 1 aromatic carbocycles. The van der Waals surface area contributed by atoms with Crippen molar-refractivity contribution < 1.29 is 0 Å². The van der Waals surface area contributed by atoms with E-state index in [0.717, 1.165) is 22.3 Å². The Morgan fingerprint density at radius 3 is 2.67 bits per heavy atom. The summed E-state index contributed by atoms with van der Waals surface area (Å²) in [5.41, 5.74) is 8.07. The van der Waals surface area contributed by atoms with Gasteiger partial charge in [-0.2, -0.15) is 0 Å². The molecule has 2 rings (SSSR count). The van der Waals surface area contributed by atoms with E-state index in [0.29, 0.717) is 10.4 Å². The standard InChI is InChI=1S/C14H19BrN2S/c1-14(6-2-3-7-14)9-17-12-5-4-10(13(16)18)8-11(12)15/h4-5,8,17H,2-3,6-7,9H2,1H3,(H2,16,18). The molecular formula is C14H19BrN2S. The van der Waals surface area contributed by atoms with Gasteiger partial charge in [0.1, 0.15) is 4.99 Å². The Kier molecular flexibility index (Phi) is 4.28. The van der Waals surface area contributed by atoms with Crippen molar-refractivity contribution in [2.75, 3.05) is 11.9 Å². The summed E-state index contributed by atoms with van der Waals surface area (Å²) in [6, 6.07) is 5.98. The molecule has 0 aromatic heterocycles. The summed E-state index contributed by atoms with van der Waals surface area (Å²) in [6.45, 7) is 3.39. The van der Waals surface area contributed by atoms with Crippen LogP contribution < -0.4 is 11.1 Å². The minimum atomic E-state index is 0.435. The van der Waals surface area contributed by atoms with Crippen molar-refractivity contribution in [1.29, 1.82) is 0 Å². The van der Waals surface area contributed by atoms with Gasteiger partial charge in [0.25, 0.3) is 0 Å². The quantitative estimate of drug-likeness (QED) is 0.819. The van der Waals surface area contributed by atoms with Gasteiger partial charge >= 0.3 is 0 Å². The molecule has 1 saturated carbocycles. The first-order chi connectivity index (χ1) is 8.50. The number of anilines is 1. The van der Waals surface area contributed by atoms with E-state index in [1.165, 1.54) is 25.7 Å². The predicted octanol–water partition coefficient (Wildman–Crippen LogP) is 4.08. The molecule has 1 aromatic rings. The van der Waals surface area contributed by atoms with E-state index in [1.54, 1.807) is 0 Å². The molecule has 0 amide bonds. The van der Waals surface area contributed by atoms with Crippen LogP contribution in [0.3, 0.4) is 0 Å². The van der Waals surface area contributed by atoms with Crippen LogP contribution in [0, 0.1) is 5.41 Å². The first-order valence-corrected chi connectivity index (χ1v) is 7.54. The van der Waals surface area contributed by atoms with Crippen molar-refractivity contribution in [2.45, 2.75) is 32.6 Å². The van der Waals surface area contributed by atoms with Crippen LogP contribution in [0.5, 0.6) is 0 Å². The molecule has 0 bridgehead atoms. The second-order valence-electron chi connectivity index (χ2n) is 5.43. The highest BCUT2D eigenvalue weighted by Gasteiger charge is 2.28. The van der Waals surface area contributed by atoms with Gasteiger partial charge in [-0.05, 0) is 52.4 Å². The van der Waals surface area contributed by atoms with Crippen LogP contribution >= 0.6 is 28.1 Å². The Bertz CT molecular complexity index is 453. The first-order valence-electron chi connectivity index (χ1n) is 6.33. The topological polar surface area (TPSA) is 38.0 Å². The van der Waals surface area contributed by atoms with E-state index in [2.05, 4.69) is 28.2 Å².